The fourth-order valence-electron chi connectivity index (χ4n) is 2.89. The zero-order chi connectivity index (χ0) is 16.6. The fraction of sp³-hybridized carbons (Fsp3) is 0.312. The van der Waals surface area contributed by atoms with E-state index in [-0.39, 0.29) is 24.2 Å². The molecule has 1 aliphatic heterocycles. The van der Waals surface area contributed by atoms with E-state index >= 15 is 0 Å². The summed E-state index contributed by atoms with van der Waals surface area (Å²) in [5.41, 5.74) is 1.76. The summed E-state index contributed by atoms with van der Waals surface area (Å²) < 4.78 is 26.8. The topological polar surface area (TPSA) is 36.4 Å². The van der Waals surface area contributed by atoms with Gasteiger partial charge in [0.2, 0.25) is 0 Å². The van der Waals surface area contributed by atoms with Crippen LogP contribution in [0.4, 0.5) is 14.6 Å². The molecular formula is C16H14BrClF2N2O. The van der Waals surface area contributed by atoms with E-state index in [0.717, 1.165) is 22.0 Å². The lowest BCUT2D eigenvalue weighted by Crippen LogP contribution is -2.38. The third-order valence-electron chi connectivity index (χ3n) is 3.98. The van der Waals surface area contributed by atoms with Gasteiger partial charge >= 0.3 is 0 Å². The van der Waals surface area contributed by atoms with Gasteiger partial charge in [0.05, 0.1) is 17.7 Å². The quantitative estimate of drug-likeness (QED) is 0.818. The number of rotatable bonds is 3. The minimum Gasteiger partial charge on any atom is -0.394 e. The van der Waals surface area contributed by atoms with Crippen LogP contribution < -0.4 is 4.90 Å². The first-order chi connectivity index (χ1) is 11.0. The molecule has 0 amide bonds. The first kappa shape index (κ1) is 16.6. The summed E-state index contributed by atoms with van der Waals surface area (Å²) in [5.74, 6) is 0.286. The van der Waals surface area contributed by atoms with Gasteiger partial charge in [-0.2, -0.15) is 0 Å². The van der Waals surface area contributed by atoms with Crippen LogP contribution in [0.3, 0.4) is 0 Å². The molecule has 122 valence electrons. The van der Waals surface area contributed by atoms with Crippen LogP contribution in [0.1, 0.15) is 29.3 Å². The van der Waals surface area contributed by atoms with Gasteiger partial charge in [0, 0.05) is 11.0 Å². The maximum atomic E-state index is 12.9. The van der Waals surface area contributed by atoms with Crippen molar-refractivity contribution >= 4 is 33.3 Å². The van der Waals surface area contributed by atoms with Crippen molar-refractivity contribution in [2.45, 2.75) is 18.9 Å². The Hall–Kier alpha value is -1.24. The largest absolute Gasteiger partial charge is 0.394 e. The van der Waals surface area contributed by atoms with E-state index in [0.29, 0.717) is 11.6 Å². The van der Waals surface area contributed by atoms with E-state index in [1.165, 1.54) is 12.1 Å². The predicted octanol–water partition coefficient (Wildman–Crippen LogP) is 4.53. The zero-order valence-electron chi connectivity index (χ0n) is 12.0. The number of aliphatic hydroxyl groups is 1. The van der Waals surface area contributed by atoms with Gasteiger partial charge in [-0.05, 0) is 41.8 Å². The Morgan fingerprint density at radius 1 is 1.35 bits per heavy atom. The number of aliphatic hydroxyl groups excluding tert-OH is 1. The van der Waals surface area contributed by atoms with Crippen molar-refractivity contribution in [1.29, 1.82) is 0 Å². The highest BCUT2D eigenvalue weighted by atomic mass is 79.9. The number of anilines is 1. The Bertz CT molecular complexity index is 729. The Kier molecular flexibility index (Phi) is 4.85. The van der Waals surface area contributed by atoms with Crippen LogP contribution in [0.5, 0.6) is 0 Å². The van der Waals surface area contributed by atoms with E-state index in [2.05, 4.69) is 20.9 Å². The summed E-state index contributed by atoms with van der Waals surface area (Å²) in [6.07, 6.45) is -1.93. The number of aromatic nitrogens is 1. The third-order valence-corrected chi connectivity index (χ3v) is 4.77. The molecule has 3 rings (SSSR count). The SMILES string of the molecule is OCC1c2cc(Br)ccc2CCN1c1nc(C(F)F)ccc1Cl. The van der Waals surface area contributed by atoms with E-state index < -0.39 is 6.43 Å². The maximum Gasteiger partial charge on any atom is 0.280 e. The Morgan fingerprint density at radius 2 is 2.13 bits per heavy atom. The van der Waals surface area contributed by atoms with Crippen molar-refractivity contribution in [2.75, 3.05) is 18.1 Å². The standard InChI is InChI=1S/C16H14BrClF2N2O/c17-10-2-1-9-5-6-22(14(8-23)11(9)7-10)16-12(18)3-4-13(21-16)15(19)20/h1-4,7,14-15,23H,5-6,8H2. The van der Waals surface area contributed by atoms with Gasteiger partial charge < -0.3 is 10.0 Å². The second kappa shape index (κ2) is 6.71. The number of nitrogens with zero attached hydrogens (tertiary/aromatic N) is 2. The van der Waals surface area contributed by atoms with Crippen molar-refractivity contribution in [3.05, 3.63) is 56.6 Å². The van der Waals surface area contributed by atoms with E-state index in [1.54, 1.807) is 4.90 Å². The monoisotopic (exact) mass is 402 g/mol. The van der Waals surface area contributed by atoms with Crippen LogP contribution in [-0.4, -0.2) is 23.2 Å². The average Bonchev–Trinajstić information content (AvgIpc) is 2.54. The molecule has 1 atom stereocenters. The summed E-state index contributed by atoms with van der Waals surface area (Å²) >= 11 is 9.60. The summed E-state index contributed by atoms with van der Waals surface area (Å²) in [4.78, 5) is 5.80. The molecule has 1 unspecified atom stereocenters. The molecule has 0 saturated carbocycles. The molecule has 0 radical (unpaired) electrons. The molecule has 1 aromatic carbocycles. The second-order valence-electron chi connectivity index (χ2n) is 5.33. The van der Waals surface area contributed by atoms with Crippen molar-refractivity contribution in [3.8, 4) is 0 Å². The van der Waals surface area contributed by atoms with Crippen molar-refractivity contribution < 1.29 is 13.9 Å². The summed E-state index contributed by atoms with van der Waals surface area (Å²) in [7, 11) is 0. The number of hydrogen-bond donors (Lipinski definition) is 1. The van der Waals surface area contributed by atoms with Gasteiger partial charge in [0.1, 0.15) is 11.5 Å². The van der Waals surface area contributed by atoms with Crippen LogP contribution >= 0.6 is 27.5 Å². The summed E-state index contributed by atoms with van der Waals surface area (Å²) in [6, 6.07) is 8.17. The van der Waals surface area contributed by atoms with Crippen molar-refractivity contribution in [2.24, 2.45) is 0 Å². The normalized spacial score (nSPS) is 17.5. The van der Waals surface area contributed by atoms with Crippen molar-refractivity contribution in [1.82, 2.24) is 4.98 Å². The highest BCUT2D eigenvalue weighted by Crippen LogP contribution is 2.37. The Morgan fingerprint density at radius 3 is 2.83 bits per heavy atom. The minimum atomic E-state index is -2.66. The molecule has 7 heteroatoms. The van der Waals surface area contributed by atoms with Crippen LogP contribution in [0.15, 0.2) is 34.8 Å². The molecule has 1 N–H and O–H groups in total. The molecule has 0 aliphatic carbocycles. The van der Waals surface area contributed by atoms with E-state index in [4.69, 9.17) is 11.6 Å². The van der Waals surface area contributed by atoms with Gasteiger partial charge in [0.15, 0.2) is 0 Å². The second-order valence-corrected chi connectivity index (χ2v) is 6.65. The number of benzene rings is 1. The lowest BCUT2D eigenvalue weighted by Gasteiger charge is -2.38. The van der Waals surface area contributed by atoms with Gasteiger partial charge in [0.25, 0.3) is 6.43 Å². The predicted molar refractivity (Wildman–Crippen MR) is 89.2 cm³/mol. The molecule has 0 spiro atoms. The van der Waals surface area contributed by atoms with Gasteiger partial charge in [-0.1, -0.05) is 33.6 Å². The molecule has 23 heavy (non-hydrogen) atoms. The highest BCUT2D eigenvalue weighted by molar-refractivity contribution is 9.10. The molecule has 0 fully saturated rings. The van der Waals surface area contributed by atoms with Gasteiger partial charge in [-0.15, -0.1) is 0 Å². The Balaban J connectivity index is 2.05. The van der Waals surface area contributed by atoms with Crippen LogP contribution in [0.25, 0.3) is 0 Å². The molecule has 0 bridgehead atoms. The lowest BCUT2D eigenvalue weighted by molar-refractivity contribution is 0.146. The highest BCUT2D eigenvalue weighted by Gasteiger charge is 2.30. The summed E-state index contributed by atoms with van der Waals surface area (Å²) in [5, 5.41) is 10.2. The molecular weight excluding hydrogens is 390 g/mol. The fourth-order valence-corrected chi connectivity index (χ4v) is 3.48. The van der Waals surface area contributed by atoms with E-state index in [9.17, 15) is 13.9 Å². The molecule has 0 saturated heterocycles. The smallest absolute Gasteiger partial charge is 0.280 e. The first-order valence-electron chi connectivity index (χ1n) is 7.11. The number of pyridine rings is 1. The number of alkyl halides is 2. The molecule has 2 aromatic rings. The molecule has 1 aromatic heterocycles. The summed E-state index contributed by atoms with van der Waals surface area (Å²) in [6.45, 7) is 0.402. The van der Waals surface area contributed by atoms with Crippen LogP contribution in [0, 0.1) is 0 Å². The van der Waals surface area contributed by atoms with E-state index in [1.807, 2.05) is 18.2 Å². The van der Waals surface area contributed by atoms with Crippen molar-refractivity contribution in [3.63, 3.8) is 0 Å². The lowest BCUT2D eigenvalue weighted by atomic mass is 9.93. The van der Waals surface area contributed by atoms with Gasteiger partial charge in [-0.3, -0.25) is 0 Å². The maximum absolute atomic E-state index is 12.9. The molecule has 1 aliphatic rings. The zero-order valence-corrected chi connectivity index (χ0v) is 14.4. The van der Waals surface area contributed by atoms with Crippen LogP contribution in [-0.2, 0) is 6.42 Å². The number of fused-ring (bicyclic) bond motifs is 1. The molecule has 2 heterocycles. The molecule has 3 nitrogen and oxygen atoms in total. The minimum absolute atomic E-state index is 0.152. The van der Waals surface area contributed by atoms with Gasteiger partial charge in [-0.25, -0.2) is 13.8 Å². The third kappa shape index (κ3) is 3.20. The average molecular weight is 404 g/mol. The first-order valence-corrected chi connectivity index (χ1v) is 8.28. The number of halogens is 4. The Labute approximate surface area is 146 Å². The van der Waals surface area contributed by atoms with Crippen LogP contribution in [0.2, 0.25) is 5.02 Å². The number of hydrogen-bond acceptors (Lipinski definition) is 3.